The van der Waals surface area contributed by atoms with Crippen molar-refractivity contribution in [1.29, 1.82) is 0 Å². The highest BCUT2D eigenvalue weighted by Crippen LogP contribution is 2.27. The lowest BCUT2D eigenvalue weighted by Gasteiger charge is -2.12. The van der Waals surface area contributed by atoms with Crippen LogP contribution in [-0.4, -0.2) is 29.3 Å². The molecule has 3 rings (SSSR count). The Morgan fingerprint density at radius 1 is 1.15 bits per heavy atom. The van der Waals surface area contributed by atoms with Gasteiger partial charge >= 0.3 is 5.69 Å². The number of aromatic nitrogens is 2. The fourth-order valence-corrected chi connectivity index (χ4v) is 3.61. The minimum atomic E-state index is -0.521. The number of rotatable bonds is 6. The van der Waals surface area contributed by atoms with Gasteiger partial charge in [0.1, 0.15) is 11.2 Å². The van der Waals surface area contributed by atoms with E-state index in [0.29, 0.717) is 21.7 Å². The molecule has 8 nitrogen and oxygen atoms in total. The van der Waals surface area contributed by atoms with Gasteiger partial charge in [0.15, 0.2) is 11.5 Å². The van der Waals surface area contributed by atoms with Gasteiger partial charge in [-0.05, 0) is 29.1 Å². The Hall–Kier alpha value is -3.07. The van der Waals surface area contributed by atoms with Crippen LogP contribution in [0.1, 0.15) is 5.56 Å². The Morgan fingerprint density at radius 3 is 2.59 bits per heavy atom. The summed E-state index contributed by atoms with van der Waals surface area (Å²) in [5, 5.41) is 4.50. The van der Waals surface area contributed by atoms with Crippen molar-refractivity contribution >= 4 is 27.5 Å². The van der Waals surface area contributed by atoms with Crippen molar-refractivity contribution in [2.75, 3.05) is 14.2 Å². The summed E-state index contributed by atoms with van der Waals surface area (Å²) >= 11 is 1.25. The first-order valence-corrected chi connectivity index (χ1v) is 8.99. The smallest absolute Gasteiger partial charge is 0.331 e. The number of methoxy groups -OCH3 is 2. The molecule has 0 saturated heterocycles. The van der Waals surface area contributed by atoms with Crippen LogP contribution in [0.15, 0.2) is 39.2 Å². The molecule has 2 heterocycles. The first-order chi connectivity index (χ1) is 13.0. The van der Waals surface area contributed by atoms with Crippen molar-refractivity contribution < 1.29 is 14.3 Å². The Balaban J connectivity index is 1.78. The van der Waals surface area contributed by atoms with Gasteiger partial charge in [-0.25, -0.2) is 4.79 Å². The third kappa shape index (κ3) is 3.59. The maximum atomic E-state index is 12.4. The van der Waals surface area contributed by atoms with Gasteiger partial charge in [0.25, 0.3) is 5.56 Å². The Kier molecular flexibility index (Phi) is 5.31. The standard InChI is InChI=1S/C18H19N3O5S/c1-20-17(23)16-12(6-7-27-16)21(18(20)24)10-15(22)19-9-11-4-5-13(25-2)14(8-11)26-3/h4-8H,9-10H2,1-3H3,(H,19,22). The van der Waals surface area contributed by atoms with Crippen molar-refractivity contribution in [3.63, 3.8) is 0 Å². The van der Waals surface area contributed by atoms with Gasteiger partial charge < -0.3 is 14.8 Å². The predicted octanol–water partition coefficient (Wildman–Crippen LogP) is 1.10. The summed E-state index contributed by atoms with van der Waals surface area (Å²) < 4.78 is 13.2. The molecule has 1 amide bonds. The number of thiophene rings is 1. The van der Waals surface area contributed by atoms with Crippen molar-refractivity contribution in [1.82, 2.24) is 14.5 Å². The van der Waals surface area contributed by atoms with E-state index >= 15 is 0 Å². The van der Waals surface area contributed by atoms with E-state index in [1.807, 2.05) is 6.07 Å². The summed E-state index contributed by atoms with van der Waals surface area (Å²) in [6.45, 7) is 0.0972. The number of benzene rings is 1. The second kappa shape index (κ2) is 7.67. The fraction of sp³-hybridized carbons (Fsp3) is 0.278. The Labute approximate surface area is 158 Å². The lowest BCUT2D eigenvalue weighted by atomic mass is 10.2. The molecule has 27 heavy (non-hydrogen) atoms. The Bertz CT molecular complexity index is 1110. The topological polar surface area (TPSA) is 91.6 Å². The van der Waals surface area contributed by atoms with Crippen LogP contribution in [0.5, 0.6) is 11.5 Å². The van der Waals surface area contributed by atoms with Gasteiger partial charge in [0, 0.05) is 13.6 Å². The molecular formula is C18H19N3O5S. The molecule has 0 radical (unpaired) electrons. The number of ether oxygens (including phenoxy) is 2. The molecule has 0 spiro atoms. The van der Waals surface area contributed by atoms with E-state index in [2.05, 4.69) is 5.32 Å². The van der Waals surface area contributed by atoms with E-state index in [1.54, 1.807) is 37.8 Å². The van der Waals surface area contributed by atoms with Gasteiger partial charge in [-0.3, -0.25) is 18.7 Å². The number of carbonyl (C=O) groups is 1. The highest BCUT2D eigenvalue weighted by molar-refractivity contribution is 7.17. The minimum Gasteiger partial charge on any atom is -0.493 e. The summed E-state index contributed by atoms with van der Waals surface area (Å²) in [6, 6.07) is 7.02. The van der Waals surface area contributed by atoms with Gasteiger partial charge in [0.2, 0.25) is 5.91 Å². The molecule has 0 atom stereocenters. The minimum absolute atomic E-state index is 0.173. The lowest BCUT2D eigenvalue weighted by molar-refractivity contribution is -0.121. The predicted molar refractivity (Wildman–Crippen MR) is 103 cm³/mol. The van der Waals surface area contributed by atoms with Crippen LogP contribution in [0.25, 0.3) is 10.2 Å². The Morgan fingerprint density at radius 2 is 1.89 bits per heavy atom. The van der Waals surface area contributed by atoms with E-state index in [4.69, 9.17) is 9.47 Å². The normalized spacial score (nSPS) is 10.8. The SMILES string of the molecule is COc1ccc(CNC(=O)Cn2c(=O)n(C)c(=O)c3sccc32)cc1OC. The van der Waals surface area contributed by atoms with Crippen molar-refractivity contribution in [2.45, 2.75) is 13.1 Å². The summed E-state index contributed by atoms with van der Waals surface area (Å²) in [7, 11) is 4.50. The number of amides is 1. The maximum Gasteiger partial charge on any atom is 0.331 e. The average Bonchev–Trinajstić information content (AvgIpc) is 3.17. The number of carbonyl (C=O) groups excluding carboxylic acids is 1. The number of nitrogens with zero attached hydrogens (tertiary/aromatic N) is 2. The van der Waals surface area contributed by atoms with Crippen molar-refractivity contribution in [3.8, 4) is 11.5 Å². The zero-order valence-electron chi connectivity index (χ0n) is 15.1. The molecule has 9 heteroatoms. The van der Waals surface area contributed by atoms with Crippen LogP contribution in [-0.2, 0) is 24.9 Å². The van der Waals surface area contributed by atoms with E-state index in [0.717, 1.165) is 10.1 Å². The molecule has 0 aliphatic carbocycles. The maximum absolute atomic E-state index is 12.4. The number of hydrogen-bond acceptors (Lipinski definition) is 6. The number of fused-ring (bicyclic) bond motifs is 1. The van der Waals surface area contributed by atoms with Crippen LogP contribution >= 0.6 is 11.3 Å². The third-order valence-electron chi connectivity index (χ3n) is 4.19. The van der Waals surface area contributed by atoms with Crippen molar-refractivity contribution in [3.05, 3.63) is 56.0 Å². The summed E-state index contributed by atoms with van der Waals surface area (Å²) in [5.74, 6) is 0.834. The van der Waals surface area contributed by atoms with Gasteiger partial charge in [-0.2, -0.15) is 0 Å². The zero-order valence-corrected chi connectivity index (χ0v) is 16.0. The molecule has 0 unspecified atom stereocenters. The molecule has 1 aromatic carbocycles. The monoisotopic (exact) mass is 389 g/mol. The van der Waals surface area contributed by atoms with E-state index in [-0.39, 0.29) is 24.6 Å². The molecule has 1 N–H and O–H groups in total. The average molecular weight is 389 g/mol. The van der Waals surface area contributed by atoms with Gasteiger partial charge in [-0.15, -0.1) is 11.3 Å². The summed E-state index contributed by atoms with van der Waals surface area (Å²) in [4.78, 5) is 36.9. The van der Waals surface area contributed by atoms with Crippen LogP contribution in [0.2, 0.25) is 0 Å². The second-order valence-electron chi connectivity index (χ2n) is 5.83. The quantitative estimate of drug-likeness (QED) is 0.682. The third-order valence-corrected chi connectivity index (χ3v) is 5.08. The molecule has 3 aromatic rings. The molecule has 0 bridgehead atoms. The van der Waals surface area contributed by atoms with E-state index in [9.17, 15) is 14.4 Å². The van der Waals surface area contributed by atoms with Crippen LogP contribution < -0.4 is 26.0 Å². The molecule has 0 aliphatic rings. The highest BCUT2D eigenvalue weighted by Gasteiger charge is 2.14. The molecule has 142 valence electrons. The highest BCUT2D eigenvalue weighted by atomic mass is 32.1. The van der Waals surface area contributed by atoms with Gasteiger partial charge in [-0.1, -0.05) is 6.07 Å². The lowest BCUT2D eigenvalue weighted by Crippen LogP contribution is -2.40. The summed E-state index contributed by atoms with van der Waals surface area (Å²) in [6.07, 6.45) is 0. The molecule has 0 aliphatic heterocycles. The zero-order chi connectivity index (χ0) is 19.6. The van der Waals surface area contributed by atoms with Gasteiger partial charge in [0.05, 0.1) is 19.7 Å². The number of nitrogens with one attached hydrogen (secondary N) is 1. The van der Waals surface area contributed by atoms with Crippen LogP contribution in [0.3, 0.4) is 0 Å². The largest absolute Gasteiger partial charge is 0.493 e. The molecule has 0 saturated carbocycles. The summed E-state index contributed by atoms with van der Waals surface area (Å²) in [5.41, 5.74) is 0.419. The molecule has 2 aromatic heterocycles. The molecular weight excluding hydrogens is 370 g/mol. The first-order valence-electron chi connectivity index (χ1n) is 8.11. The number of hydrogen-bond donors (Lipinski definition) is 1. The van der Waals surface area contributed by atoms with Crippen LogP contribution in [0.4, 0.5) is 0 Å². The van der Waals surface area contributed by atoms with E-state index < -0.39 is 5.69 Å². The first kappa shape index (κ1) is 18.7. The fourth-order valence-electron chi connectivity index (χ4n) is 2.74. The van der Waals surface area contributed by atoms with E-state index in [1.165, 1.54) is 23.0 Å². The van der Waals surface area contributed by atoms with Crippen LogP contribution in [0, 0.1) is 0 Å². The molecule has 0 fully saturated rings. The van der Waals surface area contributed by atoms with Crippen molar-refractivity contribution in [2.24, 2.45) is 7.05 Å². The second-order valence-corrected chi connectivity index (χ2v) is 6.75.